The first kappa shape index (κ1) is 13.6. The van der Waals surface area contributed by atoms with Crippen LogP contribution in [-0.2, 0) is 0 Å². The van der Waals surface area contributed by atoms with E-state index in [4.69, 9.17) is 11.6 Å². The van der Waals surface area contributed by atoms with Gasteiger partial charge in [-0.2, -0.15) is 0 Å². The summed E-state index contributed by atoms with van der Waals surface area (Å²) < 4.78 is 13.9. The molecule has 0 aromatic heterocycles. The van der Waals surface area contributed by atoms with Gasteiger partial charge in [-0.15, -0.1) is 11.6 Å². The average Bonchev–Trinajstić information content (AvgIpc) is 3.10. The van der Waals surface area contributed by atoms with Crippen molar-refractivity contribution in [3.8, 4) is 0 Å². The minimum absolute atomic E-state index is 0.000139. The Bertz CT molecular complexity index is 666. The van der Waals surface area contributed by atoms with E-state index >= 15 is 0 Å². The first-order chi connectivity index (χ1) is 10.2. The third-order valence-electron chi connectivity index (χ3n) is 5.64. The fourth-order valence-corrected chi connectivity index (χ4v) is 5.04. The summed E-state index contributed by atoms with van der Waals surface area (Å²) in [6, 6.07) is 11.1. The van der Waals surface area contributed by atoms with Crippen LogP contribution in [0.5, 0.6) is 0 Å². The number of benzene rings is 2. The van der Waals surface area contributed by atoms with E-state index in [0.717, 1.165) is 35.1 Å². The predicted octanol–water partition coefficient (Wildman–Crippen LogP) is 6.09. The predicted molar refractivity (Wildman–Crippen MR) is 86.1 cm³/mol. The second-order valence-corrected chi connectivity index (χ2v) is 7.35. The standard InChI is InChI=1S/C19H20ClF/c20-18(11-14-10-12-5-6-13(14)9-12)16-7-8-19(21)17-4-2-1-3-15(16)17/h1-4,7-8,12-14,18H,5-6,9-11H2. The number of alkyl halides is 1. The molecule has 2 saturated carbocycles. The van der Waals surface area contributed by atoms with Crippen LogP contribution in [0.2, 0.25) is 0 Å². The van der Waals surface area contributed by atoms with E-state index in [-0.39, 0.29) is 11.2 Å². The van der Waals surface area contributed by atoms with Gasteiger partial charge in [-0.3, -0.25) is 0 Å². The Hall–Kier alpha value is -1.08. The lowest BCUT2D eigenvalue weighted by molar-refractivity contribution is 0.312. The Morgan fingerprint density at radius 1 is 1.05 bits per heavy atom. The van der Waals surface area contributed by atoms with Crippen LogP contribution in [0.1, 0.15) is 43.0 Å². The molecule has 0 spiro atoms. The molecule has 0 heterocycles. The molecule has 2 aliphatic rings. The van der Waals surface area contributed by atoms with Gasteiger partial charge in [0, 0.05) is 5.39 Å². The molecule has 4 rings (SSSR count). The molecule has 2 aromatic carbocycles. The minimum Gasteiger partial charge on any atom is -0.206 e. The molecular formula is C19H20ClF. The highest BCUT2D eigenvalue weighted by molar-refractivity contribution is 6.21. The van der Waals surface area contributed by atoms with Crippen molar-refractivity contribution in [1.29, 1.82) is 0 Å². The Kier molecular flexibility index (Phi) is 3.41. The Morgan fingerprint density at radius 3 is 2.57 bits per heavy atom. The Morgan fingerprint density at radius 2 is 1.86 bits per heavy atom. The summed E-state index contributed by atoms with van der Waals surface area (Å²) in [7, 11) is 0. The van der Waals surface area contributed by atoms with E-state index in [1.807, 2.05) is 30.3 Å². The lowest BCUT2D eigenvalue weighted by atomic mass is 9.84. The number of halogens is 2. The van der Waals surface area contributed by atoms with Gasteiger partial charge in [-0.25, -0.2) is 4.39 Å². The molecule has 2 aromatic rings. The Labute approximate surface area is 130 Å². The molecule has 4 unspecified atom stereocenters. The molecule has 0 nitrogen and oxygen atoms in total. The fraction of sp³-hybridized carbons (Fsp3) is 0.474. The van der Waals surface area contributed by atoms with Gasteiger partial charge in [0.05, 0.1) is 5.38 Å². The van der Waals surface area contributed by atoms with Gasteiger partial charge in [0.1, 0.15) is 5.82 Å². The van der Waals surface area contributed by atoms with Crippen LogP contribution in [0.15, 0.2) is 36.4 Å². The van der Waals surface area contributed by atoms with Crippen molar-refractivity contribution >= 4 is 22.4 Å². The van der Waals surface area contributed by atoms with Crippen molar-refractivity contribution in [3.05, 3.63) is 47.8 Å². The van der Waals surface area contributed by atoms with Crippen LogP contribution in [0.4, 0.5) is 4.39 Å². The number of hydrogen-bond donors (Lipinski definition) is 0. The van der Waals surface area contributed by atoms with Crippen LogP contribution >= 0.6 is 11.6 Å². The summed E-state index contributed by atoms with van der Waals surface area (Å²) >= 11 is 6.73. The van der Waals surface area contributed by atoms with Crippen LogP contribution in [0.3, 0.4) is 0 Å². The maximum Gasteiger partial charge on any atom is 0.131 e. The van der Waals surface area contributed by atoms with Gasteiger partial charge in [-0.05, 0) is 60.5 Å². The molecule has 110 valence electrons. The largest absolute Gasteiger partial charge is 0.206 e. The number of rotatable bonds is 3. The topological polar surface area (TPSA) is 0 Å². The van der Waals surface area contributed by atoms with Crippen molar-refractivity contribution in [2.45, 2.75) is 37.5 Å². The highest BCUT2D eigenvalue weighted by Gasteiger charge is 2.40. The zero-order valence-corrected chi connectivity index (χ0v) is 12.8. The van der Waals surface area contributed by atoms with E-state index in [0.29, 0.717) is 5.39 Å². The highest BCUT2D eigenvalue weighted by atomic mass is 35.5. The molecule has 21 heavy (non-hydrogen) atoms. The van der Waals surface area contributed by atoms with Crippen LogP contribution in [0, 0.1) is 23.6 Å². The van der Waals surface area contributed by atoms with Gasteiger partial charge in [-0.1, -0.05) is 36.8 Å². The van der Waals surface area contributed by atoms with Crippen molar-refractivity contribution < 1.29 is 4.39 Å². The molecule has 0 amide bonds. The van der Waals surface area contributed by atoms with Gasteiger partial charge in [0.2, 0.25) is 0 Å². The lowest BCUT2D eigenvalue weighted by Gasteiger charge is -2.24. The van der Waals surface area contributed by atoms with Crippen molar-refractivity contribution in [2.24, 2.45) is 17.8 Å². The van der Waals surface area contributed by atoms with Gasteiger partial charge in [0.15, 0.2) is 0 Å². The molecule has 2 aliphatic carbocycles. The van der Waals surface area contributed by atoms with Crippen molar-refractivity contribution in [1.82, 2.24) is 0 Å². The summed E-state index contributed by atoms with van der Waals surface area (Å²) in [6.07, 6.45) is 6.63. The zero-order valence-electron chi connectivity index (χ0n) is 12.1. The van der Waals surface area contributed by atoms with E-state index in [2.05, 4.69) is 0 Å². The maximum absolute atomic E-state index is 13.9. The highest BCUT2D eigenvalue weighted by Crippen LogP contribution is 2.52. The summed E-state index contributed by atoms with van der Waals surface area (Å²) in [5, 5.41) is 1.66. The lowest BCUT2D eigenvalue weighted by Crippen LogP contribution is -2.12. The van der Waals surface area contributed by atoms with Gasteiger partial charge in [0.25, 0.3) is 0 Å². The Balaban J connectivity index is 1.62. The zero-order chi connectivity index (χ0) is 14.4. The molecule has 2 bridgehead atoms. The molecule has 0 saturated heterocycles. The molecule has 0 aliphatic heterocycles. The molecular weight excluding hydrogens is 283 g/mol. The first-order valence-corrected chi connectivity index (χ1v) is 8.47. The van der Waals surface area contributed by atoms with E-state index < -0.39 is 0 Å². The number of fused-ring (bicyclic) bond motifs is 3. The summed E-state index contributed by atoms with van der Waals surface area (Å²) in [5.74, 6) is 2.46. The number of hydrogen-bond acceptors (Lipinski definition) is 0. The van der Waals surface area contributed by atoms with Gasteiger partial charge >= 0.3 is 0 Å². The van der Waals surface area contributed by atoms with Crippen molar-refractivity contribution in [3.63, 3.8) is 0 Å². The van der Waals surface area contributed by atoms with Crippen molar-refractivity contribution in [2.75, 3.05) is 0 Å². The minimum atomic E-state index is -0.155. The third kappa shape index (κ3) is 2.36. The smallest absolute Gasteiger partial charge is 0.131 e. The average molecular weight is 303 g/mol. The fourth-order valence-electron chi connectivity index (χ4n) is 4.62. The molecule has 2 heteroatoms. The first-order valence-electron chi connectivity index (χ1n) is 8.03. The molecule has 2 fully saturated rings. The van der Waals surface area contributed by atoms with E-state index in [1.54, 1.807) is 6.07 Å². The molecule has 0 radical (unpaired) electrons. The monoisotopic (exact) mass is 302 g/mol. The van der Waals surface area contributed by atoms with Crippen LogP contribution in [-0.4, -0.2) is 0 Å². The third-order valence-corrected chi connectivity index (χ3v) is 6.05. The summed E-state index contributed by atoms with van der Waals surface area (Å²) in [6.45, 7) is 0. The van der Waals surface area contributed by atoms with Gasteiger partial charge < -0.3 is 0 Å². The normalized spacial score (nSPS) is 29.1. The molecule has 0 N–H and O–H groups in total. The SMILES string of the molecule is Fc1ccc(C(Cl)CC2CC3CCC2C3)c2ccccc12. The summed E-state index contributed by atoms with van der Waals surface area (Å²) in [4.78, 5) is 0. The van der Waals surface area contributed by atoms with Crippen LogP contribution < -0.4 is 0 Å². The van der Waals surface area contributed by atoms with Crippen LogP contribution in [0.25, 0.3) is 10.8 Å². The molecule has 4 atom stereocenters. The summed E-state index contributed by atoms with van der Waals surface area (Å²) in [5.41, 5.74) is 1.09. The van der Waals surface area contributed by atoms with E-state index in [1.165, 1.54) is 25.7 Å². The second-order valence-electron chi connectivity index (χ2n) is 6.82. The second kappa shape index (κ2) is 5.28. The quantitative estimate of drug-likeness (QED) is 0.602. The maximum atomic E-state index is 13.9. The van der Waals surface area contributed by atoms with E-state index in [9.17, 15) is 4.39 Å².